The maximum atomic E-state index is 12.1. The molecule has 0 radical (unpaired) electrons. The summed E-state index contributed by atoms with van der Waals surface area (Å²) >= 11 is 0. The minimum absolute atomic E-state index is 0.0396. The molecule has 6 N–H and O–H groups in total. The monoisotopic (exact) mass is 485 g/mol. The van der Waals surface area contributed by atoms with Gasteiger partial charge in [0.2, 0.25) is 12.2 Å². The molecule has 0 bridgehead atoms. The van der Waals surface area contributed by atoms with Crippen molar-refractivity contribution in [2.75, 3.05) is 39.3 Å². The first-order chi connectivity index (χ1) is 15.0. The van der Waals surface area contributed by atoms with Crippen LogP contribution in [0.4, 0.5) is 0 Å². The molecule has 0 saturated carbocycles. The average molecular weight is 486 g/mol. The van der Waals surface area contributed by atoms with Crippen LogP contribution in [0.15, 0.2) is 0 Å². The molecule has 0 aliphatic rings. The van der Waals surface area contributed by atoms with Crippen molar-refractivity contribution < 1.29 is 48.3 Å². The number of unbranched alkanes of at least 4 members (excludes halogenated alkanes) is 8. The first-order valence-electron chi connectivity index (χ1n) is 11.4. The molecular weight excluding hydrogens is 443 g/mol. The Morgan fingerprint density at radius 3 is 2.06 bits per heavy atom. The lowest BCUT2D eigenvalue weighted by atomic mass is 10.1. The molecule has 1 amide bonds. The van der Waals surface area contributed by atoms with Gasteiger partial charge in [-0.25, -0.2) is 9.36 Å². The molecule has 0 aromatic rings. The van der Waals surface area contributed by atoms with Crippen molar-refractivity contribution in [3.05, 3.63) is 0 Å². The van der Waals surface area contributed by atoms with Crippen LogP contribution in [-0.4, -0.2) is 87.1 Å². The summed E-state index contributed by atoms with van der Waals surface area (Å²) in [4.78, 5) is 41.0. The van der Waals surface area contributed by atoms with Gasteiger partial charge < -0.3 is 34.9 Å². The predicted octanol–water partition coefficient (Wildman–Crippen LogP) is 1.34. The van der Waals surface area contributed by atoms with Crippen LogP contribution in [0.3, 0.4) is 0 Å². The van der Waals surface area contributed by atoms with Gasteiger partial charge in [0.25, 0.3) is 0 Å². The molecule has 0 aliphatic heterocycles. The quantitative estimate of drug-likeness (QED) is 0.0607. The van der Waals surface area contributed by atoms with E-state index in [9.17, 15) is 29.5 Å². The fourth-order valence-electron chi connectivity index (χ4n) is 3.66. The van der Waals surface area contributed by atoms with E-state index in [-0.39, 0.29) is 25.5 Å². The van der Waals surface area contributed by atoms with Crippen LogP contribution >= 0.6 is 7.82 Å². The van der Waals surface area contributed by atoms with E-state index < -0.39 is 44.3 Å². The fraction of sp³-hybridized carbons (Fsp3) is 0.900. The van der Waals surface area contributed by atoms with E-state index in [1.165, 1.54) is 38.5 Å². The standard InChI is InChI=1S/C20H41N2O9P/c1-2-3-4-5-6-7-8-9-10-11-18(24)21-12-13-22(14-15-23,16-19(25)26)17-20(27)31-32(28,29)30/h20,23,27H,2-17H2,1H3,(H3-,21,24,25,26,28,29,30)/p+1. The maximum Gasteiger partial charge on any atom is 0.472 e. The zero-order valence-corrected chi connectivity index (χ0v) is 20.0. The number of carboxylic acids is 1. The van der Waals surface area contributed by atoms with Gasteiger partial charge in [0.15, 0.2) is 6.54 Å². The molecule has 12 heteroatoms. The third kappa shape index (κ3) is 17.5. The largest absolute Gasteiger partial charge is 0.477 e. The molecule has 0 aromatic carbocycles. The molecule has 2 atom stereocenters. The Kier molecular flexibility index (Phi) is 16.8. The molecular formula is C20H42N2O9P+. The SMILES string of the molecule is CCCCCCCCCCCC(=O)NCC[N+](CCO)(CC(=O)O)CC(O)OP(=O)(O)O. The Morgan fingerprint density at radius 2 is 1.56 bits per heavy atom. The number of hydrogen-bond donors (Lipinski definition) is 6. The van der Waals surface area contributed by atoms with Crippen LogP contribution < -0.4 is 5.32 Å². The number of carboxylic acid groups (broad SMARTS) is 1. The lowest BCUT2D eigenvalue weighted by Crippen LogP contribution is -2.59. The molecule has 0 spiro atoms. The van der Waals surface area contributed by atoms with Crippen molar-refractivity contribution in [2.45, 2.75) is 77.4 Å². The van der Waals surface area contributed by atoms with Gasteiger partial charge in [0.1, 0.15) is 13.1 Å². The summed E-state index contributed by atoms with van der Waals surface area (Å²) in [5.41, 5.74) is 0. The second-order valence-electron chi connectivity index (χ2n) is 8.23. The van der Waals surface area contributed by atoms with E-state index >= 15 is 0 Å². The Bertz CT molecular complexity index is 573. The second-order valence-corrected chi connectivity index (χ2v) is 9.42. The average Bonchev–Trinajstić information content (AvgIpc) is 2.64. The lowest BCUT2D eigenvalue weighted by Gasteiger charge is -2.38. The zero-order chi connectivity index (χ0) is 24.5. The van der Waals surface area contributed by atoms with Crippen molar-refractivity contribution >= 4 is 19.7 Å². The Labute approximate surface area is 190 Å². The molecule has 0 aromatic heterocycles. The van der Waals surface area contributed by atoms with Crippen molar-refractivity contribution in [1.29, 1.82) is 0 Å². The van der Waals surface area contributed by atoms with Crippen LogP contribution in [0.2, 0.25) is 0 Å². The first kappa shape index (κ1) is 30.9. The molecule has 0 saturated heterocycles. The predicted molar refractivity (Wildman–Crippen MR) is 118 cm³/mol. The molecule has 0 fully saturated rings. The topological polar surface area (TPSA) is 174 Å². The molecule has 0 aliphatic carbocycles. The van der Waals surface area contributed by atoms with Crippen LogP contribution in [0.5, 0.6) is 0 Å². The number of aliphatic hydroxyl groups is 2. The summed E-state index contributed by atoms with van der Waals surface area (Å²) in [6.45, 7) is 0.823. The summed E-state index contributed by atoms with van der Waals surface area (Å²) in [6.07, 6.45) is 8.68. The van der Waals surface area contributed by atoms with Gasteiger partial charge in [-0.15, -0.1) is 0 Å². The van der Waals surface area contributed by atoms with Gasteiger partial charge in [0.05, 0.1) is 19.7 Å². The first-order valence-corrected chi connectivity index (χ1v) is 12.9. The Hall–Kier alpha value is -1.07. The van der Waals surface area contributed by atoms with Crippen LogP contribution in [0.1, 0.15) is 71.1 Å². The van der Waals surface area contributed by atoms with Crippen LogP contribution in [0.25, 0.3) is 0 Å². The van der Waals surface area contributed by atoms with Gasteiger partial charge >= 0.3 is 13.8 Å². The van der Waals surface area contributed by atoms with Gasteiger partial charge in [-0.3, -0.25) is 9.32 Å². The minimum Gasteiger partial charge on any atom is -0.477 e. The van der Waals surface area contributed by atoms with Gasteiger partial charge in [-0.2, -0.15) is 0 Å². The van der Waals surface area contributed by atoms with E-state index in [0.29, 0.717) is 6.42 Å². The molecule has 11 nitrogen and oxygen atoms in total. The molecule has 0 heterocycles. The van der Waals surface area contributed by atoms with Gasteiger partial charge in [0, 0.05) is 6.42 Å². The van der Waals surface area contributed by atoms with Gasteiger partial charge in [-0.1, -0.05) is 58.3 Å². The minimum atomic E-state index is -4.97. The summed E-state index contributed by atoms with van der Waals surface area (Å²) in [5.74, 6) is -1.39. The third-order valence-electron chi connectivity index (χ3n) is 5.26. The van der Waals surface area contributed by atoms with E-state index in [1.54, 1.807) is 0 Å². The number of quaternary nitrogens is 1. The van der Waals surface area contributed by atoms with Crippen molar-refractivity contribution in [2.24, 2.45) is 0 Å². The maximum absolute atomic E-state index is 12.1. The summed E-state index contributed by atoms with van der Waals surface area (Å²) in [6, 6.07) is 0. The van der Waals surface area contributed by atoms with Crippen molar-refractivity contribution in [1.82, 2.24) is 5.32 Å². The lowest BCUT2D eigenvalue weighted by molar-refractivity contribution is -0.925. The zero-order valence-electron chi connectivity index (χ0n) is 19.2. The summed E-state index contributed by atoms with van der Waals surface area (Å²) < 4.78 is 14.7. The highest BCUT2D eigenvalue weighted by atomic mass is 31.2. The van der Waals surface area contributed by atoms with Crippen LogP contribution in [0, 0.1) is 0 Å². The number of rotatable bonds is 21. The fourth-order valence-corrected chi connectivity index (χ4v) is 4.04. The Morgan fingerprint density at radius 1 is 1.00 bits per heavy atom. The second kappa shape index (κ2) is 17.4. The highest BCUT2D eigenvalue weighted by Gasteiger charge is 2.35. The van der Waals surface area contributed by atoms with E-state index in [1.807, 2.05) is 0 Å². The molecule has 0 rings (SSSR count). The summed E-state index contributed by atoms with van der Waals surface area (Å²) in [7, 11) is -4.97. The third-order valence-corrected chi connectivity index (χ3v) is 5.78. The smallest absolute Gasteiger partial charge is 0.472 e. The number of carbonyl (C=O) groups excluding carboxylic acids is 1. The van der Waals surface area contributed by atoms with Gasteiger partial charge in [-0.05, 0) is 6.42 Å². The number of hydrogen-bond acceptors (Lipinski definition) is 6. The number of phosphoric ester groups is 1. The Balaban J connectivity index is 4.42. The molecule has 32 heavy (non-hydrogen) atoms. The number of amides is 1. The normalized spacial score (nSPS) is 14.7. The van der Waals surface area contributed by atoms with E-state index in [4.69, 9.17) is 9.79 Å². The van der Waals surface area contributed by atoms with Crippen molar-refractivity contribution in [3.63, 3.8) is 0 Å². The number of carbonyl (C=O) groups is 2. The van der Waals surface area contributed by atoms with E-state index in [2.05, 4.69) is 16.8 Å². The number of phosphoric acid groups is 1. The van der Waals surface area contributed by atoms with E-state index in [0.717, 1.165) is 19.3 Å². The number of aliphatic hydroxyl groups excluding tert-OH is 2. The number of nitrogens with zero attached hydrogens (tertiary/aromatic N) is 1. The highest BCUT2D eigenvalue weighted by molar-refractivity contribution is 7.46. The molecule has 2 unspecified atom stereocenters. The van der Waals surface area contributed by atoms with Crippen LogP contribution in [-0.2, 0) is 18.7 Å². The highest BCUT2D eigenvalue weighted by Crippen LogP contribution is 2.37. The molecule has 190 valence electrons. The van der Waals surface area contributed by atoms with Crippen molar-refractivity contribution in [3.8, 4) is 0 Å². The number of aliphatic carboxylic acids is 1. The number of nitrogens with one attached hydrogen (secondary N) is 1. The summed E-state index contributed by atoms with van der Waals surface area (Å²) in [5, 5.41) is 31.1.